The lowest BCUT2D eigenvalue weighted by Crippen LogP contribution is -2.39. The summed E-state index contributed by atoms with van der Waals surface area (Å²) in [7, 11) is 0. The average Bonchev–Trinajstić information content (AvgIpc) is 3.26. The molecule has 8 nitrogen and oxygen atoms in total. The van der Waals surface area contributed by atoms with Gasteiger partial charge in [-0.05, 0) is 56.2 Å². The van der Waals surface area contributed by atoms with Crippen molar-refractivity contribution in [2.75, 3.05) is 16.8 Å². The van der Waals surface area contributed by atoms with Crippen molar-refractivity contribution >= 4 is 39.7 Å². The third kappa shape index (κ3) is 7.65. The van der Waals surface area contributed by atoms with Gasteiger partial charge < -0.3 is 20.6 Å². The van der Waals surface area contributed by atoms with Crippen LogP contribution in [0.25, 0.3) is 0 Å². The van der Waals surface area contributed by atoms with Gasteiger partial charge in [-0.2, -0.15) is 0 Å². The van der Waals surface area contributed by atoms with Gasteiger partial charge in [0.25, 0.3) is 5.91 Å². The Labute approximate surface area is 212 Å². The van der Waals surface area contributed by atoms with Crippen LogP contribution in [0.3, 0.4) is 0 Å². The molecule has 2 aromatic rings. The molecule has 1 heterocycles. The fraction of sp³-hybridized carbons (Fsp3) is 0.615. The molecular formula is C26H39N5O3S. The van der Waals surface area contributed by atoms with Crippen LogP contribution in [-0.4, -0.2) is 45.8 Å². The first kappa shape index (κ1) is 26.9. The van der Waals surface area contributed by atoms with Crippen LogP contribution in [0.5, 0.6) is 0 Å². The Kier molecular flexibility index (Phi) is 9.48. The predicted molar refractivity (Wildman–Crippen MR) is 142 cm³/mol. The Hall–Kier alpha value is -2.68. The summed E-state index contributed by atoms with van der Waals surface area (Å²) in [6.07, 6.45) is 6.16. The molecule has 0 aliphatic heterocycles. The number of nitrogens with one attached hydrogen (secondary N) is 2. The highest BCUT2D eigenvalue weighted by Gasteiger charge is 2.25. The van der Waals surface area contributed by atoms with E-state index in [1.807, 2.05) is 32.9 Å². The number of hydrogen-bond donors (Lipinski definition) is 3. The van der Waals surface area contributed by atoms with Crippen molar-refractivity contribution in [3.8, 4) is 0 Å². The van der Waals surface area contributed by atoms with Crippen molar-refractivity contribution < 1.29 is 14.7 Å². The zero-order valence-corrected chi connectivity index (χ0v) is 22.3. The molecule has 1 aliphatic carbocycles. The van der Waals surface area contributed by atoms with E-state index in [4.69, 9.17) is 0 Å². The summed E-state index contributed by atoms with van der Waals surface area (Å²) in [4.78, 5) is 26.2. The van der Waals surface area contributed by atoms with E-state index >= 15 is 0 Å². The zero-order chi connectivity index (χ0) is 25.5. The van der Waals surface area contributed by atoms with Crippen LogP contribution in [0, 0.1) is 5.92 Å². The zero-order valence-electron chi connectivity index (χ0n) is 21.5. The monoisotopic (exact) mass is 501 g/mol. The van der Waals surface area contributed by atoms with Gasteiger partial charge in [-0.15, -0.1) is 10.2 Å². The Bertz CT molecular complexity index is 1000. The van der Waals surface area contributed by atoms with Crippen LogP contribution in [0.15, 0.2) is 18.2 Å². The molecule has 0 spiro atoms. The standard InChI is InChI=1S/C26H39N5O3S/c1-16(2)15-31(20-9-7-6-8-10-20)22-12-11-19(18(5)13-23(32)33)14-21(22)28-26-30-29-25(35-26)24(34)27-17(3)4/h11-12,14,16-18,20H,6-10,13,15H2,1-5H3,(H,27,34)(H,28,30)(H,32,33). The van der Waals surface area contributed by atoms with Crippen molar-refractivity contribution in [3.05, 3.63) is 28.8 Å². The maximum Gasteiger partial charge on any atom is 0.303 e. The van der Waals surface area contributed by atoms with Gasteiger partial charge in [0.2, 0.25) is 10.1 Å². The first-order valence-corrected chi connectivity index (χ1v) is 13.5. The summed E-state index contributed by atoms with van der Waals surface area (Å²) in [5, 5.41) is 24.7. The van der Waals surface area contributed by atoms with Gasteiger partial charge in [0.05, 0.1) is 17.8 Å². The van der Waals surface area contributed by atoms with Crippen LogP contribution in [-0.2, 0) is 4.79 Å². The fourth-order valence-corrected chi connectivity index (χ4v) is 5.28. The van der Waals surface area contributed by atoms with Gasteiger partial charge in [0, 0.05) is 18.6 Å². The minimum absolute atomic E-state index is 0.0156. The van der Waals surface area contributed by atoms with E-state index in [0.29, 0.717) is 22.1 Å². The largest absolute Gasteiger partial charge is 0.481 e. The van der Waals surface area contributed by atoms with Gasteiger partial charge in [0.15, 0.2) is 0 Å². The lowest BCUT2D eigenvalue weighted by atomic mass is 9.92. The molecule has 1 saturated carbocycles. The number of carboxylic acids is 1. The number of hydrogen-bond acceptors (Lipinski definition) is 7. The highest BCUT2D eigenvalue weighted by atomic mass is 32.1. The number of carboxylic acid groups (broad SMARTS) is 1. The molecule has 1 unspecified atom stereocenters. The first-order valence-electron chi connectivity index (χ1n) is 12.7. The highest BCUT2D eigenvalue weighted by Crippen LogP contribution is 2.37. The summed E-state index contributed by atoms with van der Waals surface area (Å²) >= 11 is 1.21. The molecule has 0 radical (unpaired) electrons. The molecule has 1 atom stereocenters. The number of carbonyl (C=O) groups is 2. The van der Waals surface area contributed by atoms with Gasteiger partial charge in [-0.25, -0.2) is 0 Å². The average molecular weight is 502 g/mol. The normalized spacial score (nSPS) is 15.3. The molecule has 1 aromatic carbocycles. The lowest BCUT2D eigenvalue weighted by molar-refractivity contribution is -0.137. The van der Waals surface area contributed by atoms with Crippen LogP contribution in [0.2, 0.25) is 0 Å². The van der Waals surface area contributed by atoms with Gasteiger partial charge >= 0.3 is 5.97 Å². The quantitative estimate of drug-likeness (QED) is 0.357. The molecule has 1 fully saturated rings. The molecule has 1 aliphatic rings. The number of aromatic nitrogens is 2. The second kappa shape index (κ2) is 12.3. The topological polar surface area (TPSA) is 107 Å². The summed E-state index contributed by atoms with van der Waals surface area (Å²) in [5.74, 6) is -0.691. The number of anilines is 3. The molecule has 1 aromatic heterocycles. The summed E-state index contributed by atoms with van der Waals surface area (Å²) in [6, 6.07) is 6.68. The summed E-state index contributed by atoms with van der Waals surface area (Å²) < 4.78 is 0. The van der Waals surface area contributed by atoms with Crippen molar-refractivity contribution in [1.82, 2.24) is 15.5 Å². The van der Waals surface area contributed by atoms with Gasteiger partial charge in [0.1, 0.15) is 0 Å². The molecule has 0 bridgehead atoms. The molecule has 3 rings (SSSR count). The molecule has 192 valence electrons. The Balaban J connectivity index is 1.97. The summed E-state index contributed by atoms with van der Waals surface area (Å²) in [5.41, 5.74) is 2.91. The van der Waals surface area contributed by atoms with E-state index < -0.39 is 5.97 Å². The molecule has 35 heavy (non-hydrogen) atoms. The number of benzene rings is 1. The van der Waals surface area contributed by atoms with E-state index in [-0.39, 0.29) is 24.3 Å². The van der Waals surface area contributed by atoms with E-state index in [1.54, 1.807) is 0 Å². The minimum Gasteiger partial charge on any atom is -0.481 e. The highest BCUT2D eigenvalue weighted by molar-refractivity contribution is 7.17. The summed E-state index contributed by atoms with van der Waals surface area (Å²) in [6.45, 7) is 11.1. The number of nitrogens with zero attached hydrogens (tertiary/aromatic N) is 3. The Morgan fingerprint density at radius 3 is 2.46 bits per heavy atom. The number of carbonyl (C=O) groups excluding carboxylic acids is 1. The molecule has 9 heteroatoms. The predicted octanol–water partition coefficient (Wildman–Crippen LogP) is 5.79. The number of aliphatic carboxylic acids is 1. The number of rotatable bonds is 11. The van der Waals surface area contributed by atoms with E-state index in [0.717, 1.165) is 23.5 Å². The molecule has 0 saturated heterocycles. The second-order valence-electron chi connectivity index (χ2n) is 10.3. The maximum atomic E-state index is 12.4. The van der Waals surface area contributed by atoms with Crippen LogP contribution >= 0.6 is 11.3 Å². The van der Waals surface area contributed by atoms with Gasteiger partial charge in [-0.1, -0.05) is 57.4 Å². The molecular weight excluding hydrogens is 462 g/mol. The Morgan fingerprint density at radius 2 is 1.83 bits per heavy atom. The van der Waals surface area contributed by atoms with Crippen LogP contribution < -0.4 is 15.5 Å². The first-order chi connectivity index (χ1) is 16.6. The van der Waals surface area contributed by atoms with Crippen molar-refractivity contribution in [2.45, 2.75) is 91.1 Å². The van der Waals surface area contributed by atoms with Crippen molar-refractivity contribution in [2.24, 2.45) is 5.92 Å². The molecule has 3 N–H and O–H groups in total. The SMILES string of the molecule is CC(C)CN(c1ccc(C(C)CC(=O)O)cc1Nc1nnc(C(=O)NC(C)C)s1)C1CCCCC1. The smallest absolute Gasteiger partial charge is 0.303 e. The van der Waals surface area contributed by atoms with Crippen LogP contribution in [0.1, 0.15) is 94.4 Å². The number of amides is 1. The third-order valence-electron chi connectivity index (χ3n) is 6.24. The van der Waals surface area contributed by atoms with Gasteiger partial charge in [-0.3, -0.25) is 9.59 Å². The van der Waals surface area contributed by atoms with E-state index in [2.05, 4.69) is 45.6 Å². The molecule has 1 amide bonds. The van der Waals surface area contributed by atoms with Crippen molar-refractivity contribution in [1.29, 1.82) is 0 Å². The van der Waals surface area contributed by atoms with Crippen molar-refractivity contribution in [3.63, 3.8) is 0 Å². The maximum absolute atomic E-state index is 12.4. The third-order valence-corrected chi connectivity index (χ3v) is 7.08. The second-order valence-corrected chi connectivity index (χ2v) is 11.3. The van der Waals surface area contributed by atoms with E-state index in [9.17, 15) is 14.7 Å². The minimum atomic E-state index is -0.815. The Morgan fingerprint density at radius 1 is 1.11 bits per heavy atom. The van der Waals surface area contributed by atoms with E-state index in [1.165, 1.54) is 43.4 Å². The van der Waals surface area contributed by atoms with Crippen LogP contribution in [0.4, 0.5) is 16.5 Å². The lowest BCUT2D eigenvalue weighted by Gasteiger charge is -2.38. The fourth-order valence-electron chi connectivity index (χ4n) is 4.63.